The van der Waals surface area contributed by atoms with E-state index in [0.717, 1.165) is 18.5 Å². The Bertz CT molecular complexity index is 265. The molecule has 1 aliphatic carbocycles. The van der Waals surface area contributed by atoms with Gasteiger partial charge in [0.05, 0.1) is 11.4 Å². The van der Waals surface area contributed by atoms with Crippen molar-refractivity contribution in [1.29, 1.82) is 0 Å². The largest absolute Gasteiger partial charge is 0.330 e. The topological polar surface area (TPSA) is 56.7 Å². The van der Waals surface area contributed by atoms with Crippen LogP contribution in [-0.2, 0) is 13.5 Å². The predicted octanol–water partition coefficient (Wildman–Crippen LogP) is -0.196. The van der Waals surface area contributed by atoms with Crippen molar-refractivity contribution in [3.05, 3.63) is 11.4 Å². The van der Waals surface area contributed by atoms with Crippen LogP contribution in [0.3, 0.4) is 0 Å². The van der Waals surface area contributed by atoms with E-state index in [1.165, 1.54) is 5.69 Å². The van der Waals surface area contributed by atoms with Crippen LogP contribution in [0.2, 0.25) is 0 Å². The molecule has 1 heterocycles. The molecule has 0 spiro atoms. The summed E-state index contributed by atoms with van der Waals surface area (Å²) < 4.78 is 1.85. The van der Waals surface area contributed by atoms with Crippen molar-refractivity contribution in [2.45, 2.75) is 18.8 Å². The molecule has 0 saturated heterocycles. The third-order valence-corrected chi connectivity index (χ3v) is 2.34. The minimum atomic E-state index is 0.491. The van der Waals surface area contributed by atoms with Crippen LogP contribution in [-0.4, -0.2) is 21.5 Å². The zero-order chi connectivity index (χ0) is 7.84. The van der Waals surface area contributed by atoms with E-state index in [1.54, 1.807) is 0 Å². The molecule has 0 radical (unpaired) electrons. The van der Waals surface area contributed by atoms with Gasteiger partial charge in [-0.25, -0.2) is 0 Å². The van der Waals surface area contributed by atoms with Crippen LogP contribution in [0.4, 0.5) is 0 Å². The Morgan fingerprint density at radius 3 is 3.27 bits per heavy atom. The Morgan fingerprint density at radius 1 is 1.73 bits per heavy atom. The normalized spacial score (nSPS) is 22.2. The molecule has 0 fully saturated rings. The lowest BCUT2D eigenvalue weighted by Crippen LogP contribution is -2.13. The van der Waals surface area contributed by atoms with Crippen molar-refractivity contribution in [3.63, 3.8) is 0 Å². The number of hydrogen-bond donors (Lipinski definition) is 1. The first kappa shape index (κ1) is 6.79. The second kappa shape index (κ2) is 2.30. The maximum Gasteiger partial charge on any atom is 0.0862 e. The summed E-state index contributed by atoms with van der Waals surface area (Å²) in [7, 11) is 1.93. The summed E-state index contributed by atoms with van der Waals surface area (Å²) >= 11 is 0. The molecular formula is C7H12N4. The first-order valence-corrected chi connectivity index (χ1v) is 3.91. The maximum absolute atomic E-state index is 5.61. The van der Waals surface area contributed by atoms with E-state index < -0.39 is 0 Å². The lowest BCUT2D eigenvalue weighted by Gasteiger charge is -2.06. The molecule has 1 unspecified atom stereocenters. The Balaban J connectivity index is 2.42. The number of nitrogens with zero attached hydrogens (tertiary/aromatic N) is 3. The van der Waals surface area contributed by atoms with Gasteiger partial charge in [-0.2, -0.15) is 0 Å². The average Bonchev–Trinajstić information content (AvgIpc) is 2.54. The number of aromatic nitrogens is 3. The van der Waals surface area contributed by atoms with Gasteiger partial charge in [-0.15, -0.1) is 5.10 Å². The Morgan fingerprint density at radius 2 is 2.55 bits per heavy atom. The number of hydrogen-bond acceptors (Lipinski definition) is 3. The van der Waals surface area contributed by atoms with Crippen LogP contribution in [0, 0.1) is 0 Å². The van der Waals surface area contributed by atoms with Gasteiger partial charge < -0.3 is 5.73 Å². The molecule has 1 atom stereocenters. The van der Waals surface area contributed by atoms with Gasteiger partial charge in [0, 0.05) is 19.5 Å². The highest BCUT2D eigenvalue weighted by molar-refractivity contribution is 5.21. The fourth-order valence-electron chi connectivity index (χ4n) is 1.76. The number of nitrogens with two attached hydrogens (primary N) is 1. The van der Waals surface area contributed by atoms with Crippen molar-refractivity contribution < 1.29 is 0 Å². The van der Waals surface area contributed by atoms with E-state index in [-0.39, 0.29) is 0 Å². The Kier molecular flexibility index (Phi) is 1.42. The Hall–Kier alpha value is -0.900. The van der Waals surface area contributed by atoms with E-state index in [1.807, 2.05) is 11.7 Å². The summed E-state index contributed by atoms with van der Waals surface area (Å²) in [5.41, 5.74) is 7.99. The fraction of sp³-hybridized carbons (Fsp3) is 0.714. The summed E-state index contributed by atoms with van der Waals surface area (Å²) in [6.45, 7) is 0.716. The molecule has 11 heavy (non-hydrogen) atoms. The van der Waals surface area contributed by atoms with Crippen LogP contribution >= 0.6 is 0 Å². The van der Waals surface area contributed by atoms with Gasteiger partial charge in [-0.1, -0.05) is 5.21 Å². The van der Waals surface area contributed by atoms with Gasteiger partial charge in [0.15, 0.2) is 0 Å². The molecule has 1 aliphatic rings. The summed E-state index contributed by atoms with van der Waals surface area (Å²) in [5.74, 6) is 0.491. The molecule has 1 aromatic heterocycles. The lowest BCUT2D eigenvalue weighted by molar-refractivity contribution is 0.589. The first-order valence-electron chi connectivity index (χ1n) is 3.91. The van der Waals surface area contributed by atoms with Gasteiger partial charge >= 0.3 is 0 Å². The zero-order valence-corrected chi connectivity index (χ0v) is 6.62. The van der Waals surface area contributed by atoms with Gasteiger partial charge in [0.25, 0.3) is 0 Å². The minimum Gasteiger partial charge on any atom is -0.330 e. The van der Waals surface area contributed by atoms with E-state index in [0.29, 0.717) is 12.5 Å². The smallest absolute Gasteiger partial charge is 0.0862 e. The highest BCUT2D eigenvalue weighted by atomic mass is 15.4. The lowest BCUT2D eigenvalue weighted by atomic mass is 10.1. The van der Waals surface area contributed by atoms with E-state index in [4.69, 9.17) is 5.73 Å². The third-order valence-electron chi connectivity index (χ3n) is 2.34. The van der Waals surface area contributed by atoms with Gasteiger partial charge in [0.1, 0.15) is 0 Å². The molecule has 2 rings (SSSR count). The molecule has 0 bridgehead atoms. The molecule has 60 valence electrons. The molecule has 0 amide bonds. The van der Waals surface area contributed by atoms with Crippen LogP contribution in [0.1, 0.15) is 23.7 Å². The molecule has 1 aromatic rings. The summed E-state index contributed by atoms with van der Waals surface area (Å²) in [5, 5.41) is 8.00. The minimum absolute atomic E-state index is 0.491. The third kappa shape index (κ3) is 0.860. The van der Waals surface area contributed by atoms with Crippen LogP contribution in [0.5, 0.6) is 0 Å². The van der Waals surface area contributed by atoms with Crippen molar-refractivity contribution in [1.82, 2.24) is 15.0 Å². The molecule has 4 heteroatoms. The molecule has 0 aromatic carbocycles. The first-order chi connectivity index (χ1) is 5.33. The highest BCUT2D eigenvalue weighted by Gasteiger charge is 2.26. The van der Waals surface area contributed by atoms with Crippen LogP contribution in [0.15, 0.2) is 0 Å². The zero-order valence-electron chi connectivity index (χ0n) is 6.62. The second-order valence-corrected chi connectivity index (χ2v) is 3.02. The SMILES string of the molecule is Cn1nnc2c1C(CN)CC2. The molecule has 4 nitrogen and oxygen atoms in total. The second-order valence-electron chi connectivity index (χ2n) is 3.02. The predicted molar refractivity (Wildman–Crippen MR) is 41.1 cm³/mol. The molecule has 2 N–H and O–H groups in total. The average molecular weight is 152 g/mol. The number of aryl methyl sites for hydroxylation is 2. The van der Waals surface area contributed by atoms with Crippen molar-refractivity contribution in [3.8, 4) is 0 Å². The van der Waals surface area contributed by atoms with Gasteiger partial charge in [0.2, 0.25) is 0 Å². The van der Waals surface area contributed by atoms with E-state index in [9.17, 15) is 0 Å². The molecular weight excluding hydrogens is 140 g/mol. The van der Waals surface area contributed by atoms with Crippen molar-refractivity contribution >= 4 is 0 Å². The van der Waals surface area contributed by atoms with Gasteiger partial charge in [-0.3, -0.25) is 4.68 Å². The van der Waals surface area contributed by atoms with E-state index in [2.05, 4.69) is 10.3 Å². The monoisotopic (exact) mass is 152 g/mol. The number of fused-ring (bicyclic) bond motifs is 1. The summed E-state index contributed by atoms with van der Waals surface area (Å²) in [6.07, 6.45) is 2.19. The van der Waals surface area contributed by atoms with Crippen molar-refractivity contribution in [2.24, 2.45) is 12.8 Å². The van der Waals surface area contributed by atoms with Crippen LogP contribution < -0.4 is 5.73 Å². The standard InChI is InChI=1S/C7H12N4/c1-11-7-5(4-8)2-3-6(7)9-10-11/h5H,2-4,8H2,1H3. The van der Waals surface area contributed by atoms with Crippen molar-refractivity contribution in [2.75, 3.05) is 6.54 Å². The molecule has 0 aliphatic heterocycles. The Labute approximate surface area is 65.4 Å². The van der Waals surface area contributed by atoms with Crippen LogP contribution in [0.25, 0.3) is 0 Å². The molecule has 0 saturated carbocycles. The highest BCUT2D eigenvalue weighted by Crippen LogP contribution is 2.29. The maximum atomic E-state index is 5.61. The fourth-order valence-corrected chi connectivity index (χ4v) is 1.76. The van der Waals surface area contributed by atoms with E-state index >= 15 is 0 Å². The van der Waals surface area contributed by atoms with Gasteiger partial charge in [-0.05, 0) is 12.8 Å². The quantitative estimate of drug-likeness (QED) is 0.606. The summed E-state index contributed by atoms with van der Waals surface area (Å²) in [4.78, 5) is 0. The summed E-state index contributed by atoms with van der Waals surface area (Å²) in [6, 6.07) is 0. The number of rotatable bonds is 1.